The molecule has 1 atom stereocenters. The first kappa shape index (κ1) is 17.2. The van der Waals surface area contributed by atoms with E-state index in [0.29, 0.717) is 11.3 Å². The molecule has 0 aliphatic rings. The summed E-state index contributed by atoms with van der Waals surface area (Å²) in [6, 6.07) is 2.16. The number of aryl methyl sites for hydroxylation is 1. The van der Waals surface area contributed by atoms with Crippen molar-refractivity contribution in [3.63, 3.8) is 0 Å². The smallest absolute Gasteiger partial charge is 0.305 e. The summed E-state index contributed by atoms with van der Waals surface area (Å²) < 4.78 is 30.1. The minimum atomic E-state index is -0.987. The molecule has 0 fully saturated rings. The minimum Gasteiger partial charge on any atom is -0.481 e. The normalized spacial score (nSPS) is 12.5. The fourth-order valence-corrected chi connectivity index (χ4v) is 2.99. The number of nitrogens with zero attached hydrogens (tertiary/aromatic N) is 4. The van der Waals surface area contributed by atoms with E-state index in [2.05, 4.69) is 15.0 Å². The van der Waals surface area contributed by atoms with Crippen LogP contribution in [0.25, 0.3) is 22.3 Å². The number of hydrogen-bond acceptors (Lipinski definition) is 4. The van der Waals surface area contributed by atoms with E-state index in [1.165, 1.54) is 6.07 Å². The fraction of sp³-hybridized carbons (Fsp3) is 0.250. The van der Waals surface area contributed by atoms with Gasteiger partial charge in [-0.2, -0.15) is 0 Å². The van der Waals surface area contributed by atoms with Crippen molar-refractivity contribution in [3.8, 4) is 11.3 Å². The number of halogens is 3. The lowest BCUT2D eigenvalue weighted by Gasteiger charge is -2.14. The first-order chi connectivity index (χ1) is 11.8. The van der Waals surface area contributed by atoms with Gasteiger partial charge in [0, 0.05) is 11.6 Å². The predicted octanol–water partition coefficient (Wildman–Crippen LogP) is 3.77. The monoisotopic (exact) mass is 366 g/mol. The highest BCUT2D eigenvalue weighted by Gasteiger charge is 2.20. The van der Waals surface area contributed by atoms with Crippen molar-refractivity contribution < 1.29 is 18.7 Å². The number of hydrogen-bond donors (Lipinski definition) is 1. The molecule has 3 aromatic rings. The van der Waals surface area contributed by atoms with E-state index in [1.807, 2.05) is 0 Å². The Labute approximate surface area is 146 Å². The Kier molecular flexibility index (Phi) is 4.38. The van der Waals surface area contributed by atoms with Gasteiger partial charge in [-0.1, -0.05) is 0 Å². The molecule has 0 aliphatic heterocycles. The number of aliphatic carboxylic acids is 1. The second-order valence-electron chi connectivity index (χ2n) is 5.64. The van der Waals surface area contributed by atoms with Gasteiger partial charge in [0.15, 0.2) is 11.6 Å². The topological polar surface area (TPSA) is 80.9 Å². The van der Waals surface area contributed by atoms with E-state index in [4.69, 9.17) is 16.7 Å². The second kappa shape index (κ2) is 6.36. The van der Waals surface area contributed by atoms with Gasteiger partial charge in [0.05, 0.1) is 18.1 Å². The van der Waals surface area contributed by atoms with Gasteiger partial charge in [-0.15, -0.1) is 0 Å². The summed E-state index contributed by atoms with van der Waals surface area (Å²) in [5.74, 6) is -1.93. The summed E-state index contributed by atoms with van der Waals surface area (Å²) >= 11 is 5.70. The van der Waals surface area contributed by atoms with Crippen molar-refractivity contribution in [1.29, 1.82) is 0 Å². The Morgan fingerprint density at radius 2 is 2.04 bits per heavy atom. The SMILES string of the molecule is Cc1nc2c(F)cc(-c3nc(Cl)ncc3F)cc2n1C(C)CC(=O)O. The van der Waals surface area contributed by atoms with Gasteiger partial charge < -0.3 is 9.67 Å². The maximum Gasteiger partial charge on any atom is 0.305 e. The van der Waals surface area contributed by atoms with Crippen LogP contribution in [0.15, 0.2) is 18.3 Å². The zero-order chi connectivity index (χ0) is 18.3. The number of aromatic nitrogens is 4. The standard InChI is InChI=1S/C16H13ClF2N4O2/c1-7(3-13(24)25)23-8(2)21-15-10(18)4-9(5-12(15)23)14-11(19)6-20-16(17)22-14/h4-7H,3H2,1-2H3,(H,24,25). The van der Waals surface area contributed by atoms with E-state index < -0.39 is 23.6 Å². The van der Waals surface area contributed by atoms with Crippen LogP contribution in [0.1, 0.15) is 25.2 Å². The summed E-state index contributed by atoms with van der Waals surface area (Å²) in [6.45, 7) is 3.34. The maximum absolute atomic E-state index is 14.5. The molecule has 0 radical (unpaired) electrons. The van der Waals surface area contributed by atoms with Gasteiger partial charge in [-0.05, 0) is 37.6 Å². The van der Waals surface area contributed by atoms with Crippen LogP contribution in [0.5, 0.6) is 0 Å². The Morgan fingerprint density at radius 1 is 1.32 bits per heavy atom. The van der Waals surface area contributed by atoms with Crippen LogP contribution in [-0.4, -0.2) is 30.6 Å². The van der Waals surface area contributed by atoms with Crippen molar-refractivity contribution >= 4 is 28.6 Å². The average molecular weight is 367 g/mol. The molecule has 0 saturated heterocycles. The third-order valence-electron chi connectivity index (χ3n) is 3.82. The highest BCUT2D eigenvalue weighted by molar-refractivity contribution is 6.28. The van der Waals surface area contributed by atoms with Gasteiger partial charge in [0.2, 0.25) is 5.28 Å². The molecule has 1 N–H and O–H groups in total. The molecule has 0 aliphatic carbocycles. The number of rotatable bonds is 4. The van der Waals surface area contributed by atoms with Gasteiger partial charge in [0.1, 0.15) is 17.0 Å². The Balaban J connectivity index is 2.24. The molecule has 0 saturated carbocycles. The highest BCUT2D eigenvalue weighted by Crippen LogP contribution is 2.30. The van der Waals surface area contributed by atoms with Crippen molar-refractivity contribution in [1.82, 2.24) is 19.5 Å². The molecular weight excluding hydrogens is 354 g/mol. The number of imidazole rings is 1. The number of carboxylic acid groups (broad SMARTS) is 1. The molecule has 0 amide bonds. The van der Waals surface area contributed by atoms with Crippen LogP contribution >= 0.6 is 11.6 Å². The van der Waals surface area contributed by atoms with Crippen LogP contribution in [0.3, 0.4) is 0 Å². The number of fused-ring (bicyclic) bond motifs is 1. The third-order valence-corrected chi connectivity index (χ3v) is 4.01. The summed E-state index contributed by atoms with van der Waals surface area (Å²) in [5, 5.41) is 8.84. The summed E-state index contributed by atoms with van der Waals surface area (Å²) in [5.41, 5.74) is 0.460. The first-order valence-electron chi connectivity index (χ1n) is 7.36. The summed E-state index contributed by atoms with van der Waals surface area (Å²) in [4.78, 5) is 22.5. The van der Waals surface area contributed by atoms with Gasteiger partial charge in [-0.3, -0.25) is 4.79 Å². The van der Waals surface area contributed by atoms with Crippen LogP contribution in [-0.2, 0) is 4.79 Å². The highest BCUT2D eigenvalue weighted by atomic mass is 35.5. The van der Waals surface area contributed by atoms with Gasteiger partial charge in [0.25, 0.3) is 0 Å². The Hall–Kier alpha value is -2.61. The molecule has 25 heavy (non-hydrogen) atoms. The number of carboxylic acids is 1. The molecule has 0 bridgehead atoms. The number of carbonyl (C=O) groups is 1. The van der Waals surface area contributed by atoms with E-state index in [-0.39, 0.29) is 28.5 Å². The molecular formula is C16H13ClF2N4O2. The number of benzene rings is 1. The summed E-state index contributed by atoms with van der Waals surface area (Å²) in [7, 11) is 0. The van der Waals surface area contributed by atoms with Crippen molar-refractivity contribution in [2.75, 3.05) is 0 Å². The van der Waals surface area contributed by atoms with E-state index in [9.17, 15) is 13.6 Å². The average Bonchev–Trinajstić information content (AvgIpc) is 2.85. The molecule has 130 valence electrons. The van der Waals surface area contributed by atoms with Gasteiger partial charge >= 0.3 is 5.97 Å². The summed E-state index contributed by atoms with van der Waals surface area (Å²) in [6.07, 6.45) is 0.744. The molecule has 2 heterocycles. The zero-order valence-corrected chi connectivity index (χ0v) is 14.1. The predicted molar refractivity (Wildman–Crippen MR) is 87.4 cm³/mol. The lowest BCUT2D eigenvalue weighted by Crippen LogP contribution is -2.11. The second-order valence-corrected chi connectivity index (χ2v) is 5.98. The minimum absolute atomic E-state index is 0.0825. The molecule has 1 aromatic carbocycles. The van der Waals surface area contributed by atoms with Crippen LogP contribution in [0.2, 0.25) is 5.28 Å². The lowest BCUT2D eigenvalue weighted by molar-refractivity contribution is -0.137. The van der Waals surface area contributed by atoms with Crippen LogP contribution in [0.4, 0.5) is 8.78 Å². The van der Waals surface area contributed by atoms with E-state index >= 15 is 0 Å². The quantitative estimate of drug-likeness (QED) is 0.711. The van der Waals surface area contributed by atoms with Crippen molar-refractivity contribution in [2.45, 2.75) is 26.3 Å². The van der Waals surface area contributed by atoms with E-state index in [0.717, 1.165) is 12.3 Å². The molecule has 9 heteroatoms. The maximum atomic E-state index is 14.5. The Bertz CT molecular complexity index is 990. The largest absolute Gasteiger partial charge is 0.481 e. The Morgan fingerprint density at radius 3 is 2.72 bits per heavy atom. The molecule has 1 unspecified atom stereocenters. The van der Waals surface area contributed by atoms with Crippen molar-refractivity contribution in [2.24, 2.45) is 0 Å². The molecule has 0 spiro atoms. The molecule has 3 rings (SSSR count). The van der Waals surface area contributed by atoms with Crippen LogP contribution < -0.4 is 0 Å². The third kappa shape index (κ3) is 3.17. The van der Waals surface area contributed by atoms with Gasteiger partial charge in [-0.25, -0.2) is 23.7 Å². The van der Waals surface area contributed by atoms with Crippen LogP contribution in [0, 0.1) is 18.6 Å². The molecule has 2 aromatic heterocycles. The molecule has 6 nitrogen and oxygen atoms in total. The van der Waals surface area contributed by atoms with Crippen molar-refractivity contribution in [3.05, 3.63) is 41.1 Å². The van der Waals surface area contributed by atoms with E-state index in [1.54, 1.807) is 18.4 Å². The zero-order valence-electron chi connectivity index (χ0n) is 13.3. The first-order valence-corrected chi connectivity index (χ1v) is 7.74. The fourth-order valence-electron chi connectivity index (χ4n) is 2.85. The lowest BCUT2D eigenvalue weighted by atomic mass is 10.1.